The van der Waals surface area contributed by atoms with Crippen molar-refractivity contribution in [3.8, 4) is 0 Å². The molecule has 0 aromatic heterocycles. The van der Waals surface area contributed by atoms with Crippen LogP contribution >= 0.6 is 23.4 Å². The van der Waals surface area contributed by atoms with Crippen LogP contribution in [0, 0.1) is 5.41 Å². The molecule has 132 valence electrons. The average molecular weight is 369 g/mol. The number of rotatable bonds is 4. The number of carbonyl (C=O) groups excluding carboxylic acids is 2. The summed E-state index contributed by atoms with van der Waals surface area (Å²) in [5.74, 6) is 1.53. The third-order valence-corrected chi connectivity index (χ3v) is 5.17. The molecule has 0 aliphatic carbocycles. The molecule has 1 heterocycles. The molecule has 0 bridgehead atoms. The van der Waals surface area contributed by atoms with Crippen LogP contribution in [0.15, 0.2) is 24.3 Å². The molecule has 1 fully saturated rings. The van der Waals surface area contributed by atoms with Crippen LogP contribution in [0.1, 0.15) is 26.3 Å². The molecule has 2 rings (SSSR count). The minimum atomic E-state index is -0.362. The number of thioether (sulfide) groups is 1. The Bertz CT molecular complexity index is 593. The molecule has 1 aliphatic rings. The molecule has 1 aromatic rings. The lowest BCUT2D eigenvalue weighted by Crippen LogP contribution is -2.53. The highest BCUT2D eigenvalue weighted by molar-refractivity contribution is 7.99. The van der Waals surface area contributed by atoms with E-state index in [0.29, 0.717) is 31.9 Å². The van der Waals surface area contributed by atoms with Gasteiger partial charge in [0.05, 0.1) is 5.75 Å². The average Bonchev–Trinajstić information content (AvgIpc) is 2.53. The van der Waals surface area contributed by atoms with Crippen LogP contribution in [0.4, 0.5) is 0 Å². The SMILES string of the molecule is CC(C)(C)C(=O)N1CCN(C(=O)CSCc2cccc(Cl)c2)CC1. The van der Waals surface area contributed by atoms with E-state index < -0.39 is 0 Å². The minimum absolute atomic E-state index is 0.143. The summed E-state index contributed by atoms with van der Waals surface area (Å²) in [6.45, 7) is 8.29. The van der Waals surface area contributed by atoms with E-state index in [1.807, 2.05) is 54.8 Å². The fourth-order valence-corrected chi connectivity index (χ4v) is 3.69. The van der Waals surface area contributed by atoms with Crippen molar-refractivity contribution in [1.29, 1.82) is 0 Å². The number of piperazine rings is 1. The highest BCUT2D eigenvalue weighted by Crippen LogP contribution is 2.20. The van der Waals surface area contributed by atoms with Gasteiger partial charge < -0.3 is 9.80 Å². The van der Waals surface area contributed by atoms with Gasteiger partial charge in [0, 0.05) is 42.4 Å². The maximum atomic E-state index is 12.3. The quantitative estimate of drug-likeness (QED) is 0.818. The molecule has 2 amide bonds. The molecule has 0 saturated carbocycles. The Kier molecular flexibility index (Phi) is 6.58. The van der Waals surface area contributed by atoms with Gasteiger partial charge in [-0.25, -0.2) is 0 Å². The van der Waals surface area contributed by atoms with Crippen molar-refractivity contribution in [2.75, 3.05) is 31.9 Å². The van der Waals surface area contributed by atoms with Crippen molar-refractivity contribution in [3.63, 3.8) is 0 Å². The Morgan fingerprint density at radius 1 is 1.12 bits per heavy atom. The highest BCUT2D eigenvalue weighted by Gasteiger charge is 2.30. The zero-order chi connectivity index (χ0) is 17.7. The summed E-state index contributed by atoms with van der Waals surface area (Å²) in [5.41, 5.74) is 0.764. The second-order valence-corrected chi connectivity index (χ2v) is 8.47. The molecule has 24 heavy (non-hydrogen) atoms. The molecule has 4 nitrogen and oxygen atoms in total. The van der Waals surface area contributed by atoms with E-state index in [0.717, 1.165) is 16.3 Å². The first-order chi connectivity index (χ1) is 11.3. The molecule has 0 atom stereocenters. The Labute approximate surface area is 153 Å². The third kappa shape index (κ3) is 5.42. The number of hydrogen-bond donors (Lipinski definition) is 0. The summed E-state index contributed by atoms with van der Waals surface area (Å²) in [5, 5.41) is 0.721. The Morgan fingerprint density at radius 2 is 1.75 bits per heavy atom. The molecule has 0 radical (unpaired) electrons. The van der Waals surface area contributed by atoms with Crippen LogP contribution in [0.5, 0.6) is 0 Å². The number of amides is 2. The van der Waals surface area contributed by atoms with Gasteiger partial charge in [-0.3, -0.25) is 9.59 Å². The summed E-state index contributed by atoms with van der Waals surface area (Å²) >= 11 is 7.56. The van der Waals surface area contributed by atoms with Gasteiger partial charge >= 0.3 is 0 Å². The van der Waals surface area contributed by atoms with Crippen molar-refractivity contribution in [2.24, 2.45) is 5.41 Å². The maximum absolute atomic E-state index is 12.3. The summed E-state index contributed by atoms with van der Waals surface area (Å²) < 4.78 is 0. The topological polar surface area (TPSA) is 40.6 Å². The van der Waals surface area contributed by atoms with Crippen molar-refractivity contribution in [2.45, 2.75) is 26.5 Å². The largest absolute Gasteiger partial charge is 0.339 e. The maximum Gasteiger partial charge on any atom is 0.232 e. The van der Waals surface area contributed by atoms with E-state index in [1.54, 1.807) is 11.8 Å². The zero-order valence-corrected chi connectivity index (χ0v) is 16.1. The van der Waals surface area contributed by atoms with Gasteiger partial charge in [-0.15, -0.1) is 11.8 Å². The summed E-state index contributed by atoms with van der Waals surface area (Å²) in [4.78, 5) is 28.3. The molecule has 0 unspecified atom stereocenters. The third-order valence-electron chi connectivity index (χ3n) is 3.94. The predicted octanol–water partition coefficient (Wildman–Crippen LogP) is 3.29. The van der Waals surface area contributed by atoms with Crippen LogP contribution in [0.25, 0.3) is 0 Å². The first-order valence-corrected chi connectivity index (χ1v) is 9.70. The van der Waals surface area contributed by atoms with E-state index in [4.69, 9.17) is 11.6 Å². The van der Waals surface area contributed by atoms with Crippen molar-refractivity contribution in [3.05, 3.63) is 34.9 Å². The fourth-order valence-electron chi connectivity index (χ4n) is 2.61. The van der Waals surface area contributed by atoms with Gasteiger partial charge in [-0.2, -0.15) is 0 Å². The first kappa shape index (κ1) is 19.1. The number of benzene rings is 1. The summed E-state index contributed by atoms with van der Waals surface area (Å²) in [6.07, 6.45) is 0. The summed E-state index contributed by atoms with van der Waals surface area (Å²) in [6, 6.07) is 7.71. The van der Waals surface area contributed by atoms with E-state index in [1.165, 1.54) is 0 Å². The second-order valence-electron chi connectivity index (χ2n) is 7.05. The fraction of sp³-hybridized carbons (Fsp3) is 0.556. The van der Waals surface area contributed by atoms with Crippen LogP contribution in [0.2, 0.25) is 5.02 Å². The van der Waals surface area contributed by atoms with Crippen LogP contribution in [-0.4, -0.2) is 53.5 Å². The molecule has 1 aliphatic heterocycles. The molecular weight excluding hydrogens is 344 g/mol. The van der Waals surface area contributed by atoms with Gasteiger partial charge in [-0.05, 0) is 17.7 Å². The molecule has 1 aromatic carbocycles. The lowest BCUT2D eigenvalue weighted by atomic mass is 9.94. The molecule has 0 N–H and O–H groups in total. The molecular formula is C18H25ClN2O2S. The van der Waals surface area contributed by atoms with Gasteiger partial charge in [0.15, 0.2) is 0 Å². The van der Waals surface area contributed by atoms with Gasteiger partial charge in [-0.1, -0.05) is 44.5 Å². The van der Waals surface area contributed by atoms with E-state index in [2.05, 4.69) is 0 Å². The highest BCUT2D eigenvalue weighted by atomic mass is 35.5. The second kappa shape index (κ2) is 8.26. The Balaban J connectivity index is 1.74. The van der Waals surface area contributed by atoms with Gasteiger partial charge in [0.2, 0.25) is 11.8 Å². The van der Waals surface area contributed by atoms with Crippen LogP contribution in [0.3, 0.4) is 0 Å². The van der Waals surface area contributed by atoms with Crippen LogP contribution in [-0.2, 0) is 15.3 Å². The first-order valence-electron chi connectivity index (χ1n) is 8.17. The number of nitrogens with zero attached hydrogens (tertiary/aromatic N) is 2. The van der Waals surface area contributed by atoms with Crippen molar-refractivity contribution >= 4 is 35.2 Å². The molecule has 6 heteroatoms. The van der Waals surface area contributed by atoms with E-state index >= 15 is 0 Å². The Hall–Kier alpha value is -1.20. The van der Waals surface area contributed by atoms with Crippen molar-refractivity contribution in [1.82, 2.24) is 9.80 Å². The van der Waals surface area contributed by atoms with Gasteiger partial charge in [0.25, 0.3) is 0 Å². The van der Waals surface area contributed by atoms with Crippen LogP contribution < -0.4 is 0 Å². The Morgan fingerprint density at radius 3 is 2.33 bits per heavy atom. The predicted molar refractivity (Wildman–Crippen MR) is 100 cm³/mol. The number of halogens is 1. The van der Waals surface area contributed by atoms with Crippen molar-refractivity contribution < 1.29 is 9.59 Å². The van der Waals surface area contributed by atoms with Gasteiger partial charge in [0.1, 0.15) is 0 Å². The lowest BCUT2D eigenvalue weighted by molar-refractivity contribution is -0.144. The monoisotopic (exact) mass is 368 g/mol. The standard InChI is InChI=1S/C18H25ClN2O2S/c1-18(2,3)17(23)21-9-7-20(8-10-21)16(22)13-24-12-14-5-4-6-15(19)11-14/h4-6,11H,7-10,12-13H2,1-3H3. The number of carbonyl (C=O) groups is 2. The molecule has 0 spiro atoms. The smallest absolute Gasteiger partial charge is 0.232 e. The zero-order valence-electron chi connectivity index (χ0n) is 14.5. The lowest BCUT2D eigenvalue weighted by Gasteiger charge is -2.37. The van der Waals surface area contributed by atoms with E-state index in [-0.39, 0.29) is 17.2 Å². The van der Waals surface area contributed by atoms with E-state index in [9.17, 15) is 9.59 Å². The minimum Gasteiger partial charge on any atom is -0.339 e. The normalized spacial score (nSPS) is 15.5. The number of hydrogen-bond acceptors (Lipinski definition) is 3. The summed E-state index contributed by atoms with van der Waals surface area (Å²) in [7, 11) is 0. The molecule has 1 saturated heterocycles.